The number of benzene rings is 1. The lowest BCUT2D eigenvalue weighted by molar-refractivity contribution is -0.143. The van der Waals surface area contributed by atoms with Gasteiger partial charge in [0.1, 0.15) is 6.04 Å². The first-order valence-corrected chi connectivity index (χ1v) is 10.8. The Morgan fingerprint density at radius 2 is 1.94 bits per heavy atom. The SMILES string of the molecule is CCOC(=O)N1CCCC(C(=O)Nc2cccc(C(=O)N3CCCCC3C(=O)O)c2)C1. The third kappa shape index (κ3) is 5.53. The van der Waals surface area contributed by atoms with E-state index in [2.05, 4.69) is 5.32 Å². The minimum atomic E-state index is -0.999. The highest BCUT2D eigenvalue weighted by Crippen LogP contribution is 2.23. The van der Waals surface area contributed by atoms with E-state index >= 15 is 0 Å². The molecule has 1 aromatic carbocycles. The summed E-state index contributed by atoms with van der Waals surface area (Å²) in [5.74, 6) is -1.94. The minimum Gasteiger partial charge on any atom is -0.480 e. The first kappa shape index (κ1) is 22.6. The number of carbonyl (C=O) groups is 4. The molecule has 2 aliphatic heterocycles. The Kier molecular flexibility index (Phi) is 7.49. The van der Waals surface area contributed by atoms with Crippen LogP contribution in [0.25, 0.3) is 0 Å². The number of piperidine rings is 2. The van der Waals surface area contributed by atoms with Gasteiger partial charge in [-0.05, 0) is 57.2 Å². The molecule has 0 spiro atoms. The lowest BCUT2D eigenvalue weighted by Gasteiger charge is -2.33. The second-order valence-corrected chi connectivity index (χ2v) is 7.90. The van der Waals surface area contributed by atoms with Crippen molar-refractivity contribution in [2.45, 2.75) is 45.1 Å². The summed E-state index contributed by atoms with van der Waals surface area (Å²) in [6.07, 6.45) is 2.94. The summed E-state index contributed by atoms with van der Waals surface area (Å²) in [6, 6.07) is 5.71. The predicted octanol–water partition coefficient (Wildman–Crippen LogP) is 2.57. The Hall–Kier alpha value is -3.10. The maximum atomic E-state index is 12.9. The van der Waals surface area contributed by atoms with Crippen molar-refractivity contribution in [3.05, 3.63) is 29.8 Å². The summed E-state index contributed by atoms with van der Waals surface area (Å²) in [5.41, 5.74) is 0.802. The summed E-state index contributed by atoms with van der Waals surface area (Å²) in [5, 5.41) is 12.3. The molecule has 3 rings (SSSR count). The van der Waals surface area contributed by atoms with Crippen molar-refractivity contribution in [3.63, 3.8) is 0 Å². The summed E-state index contributed by atoms with van der Waals surface area (Å²) in [6.45, 7) is 3.28. The van der Waals surface area contributed by atoms with Crippen LogP contribution in [0.2, 0.25) is 0 Å². The number of carboxylic acids is 1. The number of nitrogens with one attached hydrogen (secondary N) is 1. The van der Waals surface area contributed by atoms with Crippen molar-refractivity contribution in [2.75, 3.05) is 31.6 Å². The molecule has 0 aromatic heterocycles. The number of likely N-dealkylation sites (tertiary alicyclic amines) is 2. The molecule has 2 fully saturated rings. The van der Waals surface area contributed by atoms with Crippen molar-refractivity contribution >= 4 is 29.6 Å². The highest BCUT2D eigenvalue weighted by atomic mass is 16.6. The molecule has 9 nitrogen and oxygen atoms in total. The zero-order valence-electron chi connectivity index (χ0n) is 17.7. The molecule has 2 aliphatic rings. The van der Waals surface area contributed by atoms with E-state index in [1.165, 1.54) is 4.90 Å². The molecule has 2 atom stereocenters. The van der Waals surface area contributed by atoms with Crippen LogP contribution < -0.4 is 5.32 Å². The quantitative estimate of drug-likeness (QED) is 0.740. The van der Waals surface area contributed by atoms with Gasteiger partial charge >= 0.3 is 12.1 Å². The van der Waals surface area contributed by atoms with Crippen molar-refractivity contribution in [2.24, 2.45) is 5.92 Å². The van der Waals surface area contributed by atoms with Gasteiger partial charge in [-0.3, -0.25) is 9.59 Å². The van der Waals surface area contributed by atoms with E-state index in [1.54, 1.807) is 36.1 Å². The van der Waals surface area contributed by atoms with Gasteiger partial charge in [0.25, 0.3) is 5.91 Å². The number of hydrogen-bond donors (Lipinski definition) is 2. The van der Waals surface area contributed by atoms with Crippen molar-refractivity contribution < 1.29 is 29.0 Å². The second-order valence-electron chi connectivity index (χ2n) is 7.90. The van der Waals surface area contributed by atoms with Crippen LogP contribution in [0.4, 0.5) is 10.5 Å². The van der Waals surface area contributed by atoms with E-state index in [0.717, 1.165) is 12.8 Å². The van der Waals surface area contributed by atoms with Crippen LogP contribution in [0, 0.1) is 5.92 Å². The fraction of sp³-hybridized carbons (Fsp3) is 0.545. The van der Waals surface area contributed by atoms with Gasteiger partial charge in [0, 0.05) is 30.9 Å². The van der Waals surface area contributed by atoms with Crippen molar-refractivity contribution in [1.29, 1.82) is 0 Å². The predicted molar refractivity (Wildman–Crippen MR) is 113 cm³/mol. The summed E-state index contributed by atoms with van der Waals surface area (Å²) < 4.78 is 5.02. The number of amides is 3. The number of nitrogens with zero attached hydrogens (tertiary/aromatic N) is 2. The van der Waals surface area contributed by atoms with Crippen LogP contribution in [0.3, 0.4) is 0 Å². The number of aliphatic carboxylic acids is 1. The normalized spacial score (nSPS) is 21.3. The molecular weight excluding hydrogens is 402 g/mol. The lowest BCUT2D eigenvalue weighted by atomic mass is 9.97. The molecular formula is C22H29N3O6. The van der Waals surface area contributed by atoms with Crippen LogP contribution in [0.15, 0.2) is 24.3 Å². The van der Waals surface area contributed by atoms with Gasteiger partial charge in [-0.1, -0.05) is 6.07 Å². The van der Waals surface area contributed by atoms with Gasteiger partial charge in [0.15, 0.2) is 0 Å². The number of ether oxygens (including phenoxy) is 1. The van der Waals surface area contributed by atoms with Crippen LogP contribution in [-0.4, -0.2) is 71.1 Å². The zero-order valence-corrected chi connectivity index (χ0v) is 17.7. The largest absolute Gasteiger partial charge is 0.480 e. The molecule has 2 N–H and O–H groups in total. The third-order valence-electron chi connectivity index (χ3n) is 5.74. The fourth-order valence-corrected chi connectivity index (χ4v) is 4.14. The minimum absolute atomic E-state index is 0.222. The molecule has 3 amide bonds. The van der Waals surface area contributed by atoms with Gasteiger partial charge in [0.05, 0.1) is 12.5 Å². The molecule has 9 heteroatoms. The maximum absolute atomic E-state index is 12.9. The van der Waals surface area contributed by atoms with Crippen molar-refractivity contribution in [3.8, 4) is 0 Å². The standard InChI is InChI=1S/C22H29N3O6/c1-2-31-22(30)24-11-6-8-16(14-24)19(26)23-17-9-5-7-15(13-17)20(27)25-12-4-3-10-18(25)21(28)29/h5,7,9,13,16,18H,2-4,6,8,10-12,14H2,1H3,(H,23,26)(H,28,29). The Morgan fingerprint density at radius 3 is 2.68 bits per heavy atom. The molecule has 0 bridgehead atoms. The monoisotopic (exact) mass is 431 g/mol. The van der Waals surface area contributed by atoms with Gasteiger partial charge in [0.2, 0.25) is 5.91 Å². The highest BCUT2D eigenvalue weighted by Gasteiger charge is 2.33. The van der Waals surface area contributed by atoms with Crippen LogP contribution >= 0.6 is 0 Å². The molecule has 2 unspecified atom stereocenters. The van der Waals surface area contributed by atoms with Crippen molar-refractivity contribution in [1.82, 2.24) is 9.80 Å². The third-order valence-corrected chi connectivity index (χ3v) is 5.74. The van der Waals surface area contributed by atoms with E-state index in [4.69, 9.17) is 4.74 Å². The maximum Gasteiger partial charge on any atom is 0.409 e. The number of anilines is 1. The molecule has 0 aliphatic carbocycles. The number of carbonyl (C=O) groups excluding carboxylic acids is 3. The molecule has 1 aromatic rings. The average Bonchev–Trinajstić information content (AvgIpc) is 2.79. The van der Waals surface area contributed by atoms with E-state index in [0.29, 0.717) is 43.6 Å². The van der Waals surface area contributed by atoms with Gasteiger partial charge < -0.3 is 25.0 Å². The average molecular weight is 431 g/mol. The number of hydrogen-bond acceptors (Lipinski definition) is 5. The Labute approximate surface area is 181 Å². The first-order chi connectivity index (χ1) is 14.9. The Bertz CT molecular complexity index is 842. The van der Waals surface area contributed by atoms with Crippen LogP contribution in [0.5, 0.6) is 0 Å². The molecule has 31 heavy (non-hydrogen) atoms. The van der Waals surface area contributed by atoms with Gasteiger partial charge in [-0.25, -0.2) is 9.59 Å². The zero-order chi connectivity index (χ0) is 22.4. The summed E-state index contributed by atoms with van der Waals surface area (Å²) in [7, 11) is 0. The molecule has 0 saturated carbocycles. The van der Waals surface area contributed by atoms with Gasteiger partial charge in [-0.15, -0.1) is 0 Å². The highest BCUT2D eigenvalue weighted by molar-refractivity contribution is 5.99. The fourth-order valence-electron chi connectivity index (χ4n) is 4.14. The van der Waals surface area contributed by atoms with E-state index in [-0.39, 0.29) is 30.9 Å². The number of rotatable bonds is 5. The summed E-state index contributed by atoms with van der Waals surface area (Å²) >= 11 is 0. The summed E-state index contributed by atoms with van der Waals surface area (Å²) in [4.78, 5) is 52.1. The molecule has 168 valence electrons. The Balaban J connectivity index is 1.66. The van der Waals surface area contributed by atoms with E-state index < -0.39 is 18.1 Å². The smallest absolute Gasteiger partial charge is 0.409 e. The van der Waals surface area contributed by atoms with Crippen LogP contribution in [-0.2, 0) is 14.3 Å². The van der Waals surface area contributed by atoms with E-state index in [9.17, 15) is 24.3 Å². The molecule has 2 saturated heterocycles. The molecule has 2 heterocycles. The van der Waals surface area contributed by atoms with Gasteiger partial charge in [-0.2, -0.15) is 0 Å². The van der Waals surface area contributed by atoms with Crippen LogP contribution in [0.1, 0.15) is 49.4 Å². The molecule has 0 radical (unpaired) electrons. The lowest BCUT2D eigenvalue weighted by Crippen LogP contribution is -2.48. The first-order valence-electron chi connectivity index (χ1n) is 10.8. The number of carboxylic acid groups (broad SMARTS) is 1. The topological polar surface area (TPSA) is 116 Å². The van der Waals surface area contributed by atoms with E-state index in [1.807, 2.05) is 0 Å². The second kappa shape index (κ2) is 10.3. The Morgan fingerprint density at radius 1 is 1.13 bits per heavy atom.